The number of carbonyl (C=O) groups excluding carboxylic acids is 2. The molecule has 1 saturated heterocycles. The number of ketones is 1. The first-order chi connectivity index (χ1) is 8.11. The molecule has 102 valence electrons. The van der Waals surface area contributed by atoms with Gasteiger partial charge in [-0.3, -0.25) is 9.69 Å². The Labute approximate surface area is 107 Å². The first-order valence-corrected chi connectivity index (χ1v) is 6.36. The van der Waals surface area contributed by atoms with E-state index < -0.39 is 23.3 Å². The van der Waals surface area contributed by atoms with Gasteiger partial charge in [0.05, 0.1) is 0 Å². The maximum Gasteiger partial charge on any atom is 0.411 e. The second-order valence-corrected chi connectivity index (χ2v) is 6.46. The van der Waals surface area contributed by atoms with Crippen LogP contribution < -0.4 is 0 Å². The topological polar surface area (TPSA) is 66.8 Å². The molecule has 2 aliphatic rings. The Morgan fingerprint density at radius 2 is 1.94 bits per heavy atom. The molecule has 4 atom stereocenters. The zero-order valence-corrected chi connectivity index (χ0v) is 11.6. The number of aliphatic hydroxyl groups is 1. The number of ether oxygens (including phenoxy) is 1. The van der Waals surface area contributed by atoms with Gasteiger partial charge in [-0.2, -0.15) is 0 Å². The fourth-order valence-corrected chi connectivity index (χ4v) is 2.80. The summed E-state index contributed by atoms with van der Waals surface area (Å²) < 4.78 is 5.34. The average Bonchev–Trinajstić information content (AvgIpc) is 2.59. The first-order valence-electron chi connectivity index (χ1n) is 6.36. The summed E-state index contributed by atoms with van der Waals surface area (Å²) in [5.41, 5.74) is -1.62. The minimum Gasteiger partial charge on any atom is -0.444 e. The summed E-state index contributed by atoms with van der Waals surface area (Å²) in [5, 5.41) is 9.74. The molecule has 5 heteroatoms. The normalized spacial score (nSPS) is 39.3. The lowest BCUT2D eigenvalue weighted by Crippen LogP contribution is -2.47. The molecule has 1 aliphatic heterocycles. The van der Waals surface area contributed by atoms with Gasteiger partial charge in [0.2, 0.25) is 0 Å². The molecule has 1 aliphatic carbocycles. The number of amides is 1. The van der Waals surface area contributed by atoms with Crippen LogP contribution in [0.3, 0.4) is 0 Å². The number of nitrogens with zero attached hydrogens (tertiary/aromatic N) is 1. The van der Waals surface area contributed by atoms with E-state index >= 15 is 0 Å². The second kappa shape index (κ2) is 3.70. The molecule has 0 bridgehead atoms. The van der Waals surface area contributed by atoms with E-state index in [0.717, 1.165) is 0 Å². The molecule has 2 unspecified atom stereocenters. The summed E-state index contributed by atoms with van der Waals surface area (Å²) in [6.07, 6.45) is -1.03. The van der Waals surface area contributed by atoms with Gasteiger partial charge >= 0.3 is 6.09 Å². The van der Waals surface area contributed by atoms with Crippen molar-refractivity contribution in [2.45, 2.75) is 64.3 Å². The van der Waals surface area contributed by atoms with Gasteiger partial charge in [0.25, 0.3) is 0 Å². The van der Waals surface area contributed by atoms with Crippen molar-refractivity contribution in [3.05, 3.63) is 0 Å². The van der Waals surface area contributed by atoms with Crippen LogP contribution in [0.15, 0.2) is 0 Å². The lowest BCUT2D eigenvalue weighted by atomic mass is 10.0. The Hall–Kier alpha value is -1.10. The van der Waals surface area contributed by atoms with Crippen LogP contribution in [0.2, 0.25) is 0 Å². The van der Waals surface area contributed by atoms with Gasteiger partial charge in [-0.15, -0.1) is 0 Å². The van der Waals surface area contributed by atoms with E-state index in [-0.39, 0.29) is 17.7 Å². The zero-order valence-electron chi connectivity index (χ0n) is 11.6. The highest BCUT2D eigenvalue weighted by Gasteiger charge is 2.74. The molecule has 1 saturated carbocycles. The van der Waals surface area contributed by atoms with E-state index in [1.807, 2.05) is 13.8 Å². The number of Topliss-reactive ketones (excluding diaryl/α,β-unsaturated/α-hetero) is 1. The number of hydrogen-bond acceptors (Lipinski definition) is 4. The van der Waals surface area contributed by atoms with Crippen molar-refractivity contribution >= 4 is 11.9 Å². The van der Waals surface area contributed by atoms with E-state index in [1.54, 1.807) is 20.8 Å². The van der Waals surface area contributed by atoms with Gasteiger partial charge in [-0.25, -0.2) is 4.79 Å². The molecule has 2 rings (SSSR count). The summed E-state index contributed by atoms with van der Waals surface area (Å²) >= 11 is 0. The van der Waals surface area contributed by atoms with Crippen molar-refractivity contribution in [1.29, 1.82) is 0 Å². The summed E-state index contributed by atoms with van der Waals surface area (Å²) in [5.74, 6) is -0.0804. The number of rotatable bonds is 0. The highest BCUT2D eigenvalue weighted by molar-refractivity contribution is 6.13. The van der Waals surface area contributed by atoms with Gasteiger partial charge in [-0.05, 0) is 40.0 Å². The zero-order chi connectivity index (χ0) is 13.9. The summed E-state index contributed by atoms with van der Waals surface area (Å²) in [7, 11) is 0. The van der Waals surface area contributed by atoms with Crippen molar-refractivity contribution in [3.8, 4) is 0 Å². The average molecular weight is 255 g/mol. The van der Waals surface area contributed by atoms with Gasteiger partial charge in [-0.1, -0.05) is 6.92 Å². The Bertz CT molecular complexity index is 400. The van der Waals surface area contributed by atoms with Crippen molar-refractivity contribution in [2.75, 3.05) is 0 Å². The van der Waals surface area contributed by atoms with Gasteiger partial charge in [0.1, 0.15) is 17.2 Å². The fraction of sp³-hybridized carbons (Fsp3) is 0.846. The predicted octanol–water partition coefficient (Wildman–Crippen LogP) is 1.33. The lowest BCUT2D eigenvalue weighted by molar-refractivity contribution is -0.114. The van der Waals surface area contributed by atoms with Crippen LogP contribution >= 0.6 is 0 Å². The molecule has 1 spiro atoms. The molecule has 1 amide bonds. The third kappa shape index (κ3) is 1.72. The molecule has 0 radical (unpaired) electrons. The predicted molar refractivity (Wildman–Crippen MR) is 65.1 cm³/mol. The van der Waals surface area contributed by atoms with Gasteiger partial charge in [0.15, 0.2) is 5.78 Å². The van der Waals surface area contributed by atoms with Gasteiger partial charge < -0.3 is 9.84 Å². The molecule has 2 fully saturated rings. The fourth-order valence-electron chi connectivity index (χ4n) is 2.80. The first kappa shape index (κ1) is 13.3. The summed E-state index contributed by atoms with van der Waals surface area (Å²) in [4.78, 5) is 25.4. The lowest BCUT2D eigenvalue weighted by Gasteiger charge is -2.31. The Morgan fingerprint density at radius 1 is 1.44 bits per heavy atom. The highest BCUT2D eigenvalue weighted by atomic mass is 16.6. The molecule has 5 nitrogen and oxygen atoms in total. The number of hydrogen-bond donors (Lipinski definition) is 1. The van der Waals surface area contributed by atoms with Crippen LogP contribution in [0.25, 0.3) is 0 Å². The Morgan fingerprint density at radius 3 is 2.33 bits per heavy atom. The molecule has 1 N–H and O–H groups in total. The van der Waals surface area contributed by atoms with E-state index in [9.17, 15) is 14.7 Å². The SMILES string of the molecule is C[C@@H]1CC2(C(=O)C2O)N(C(=O)OC(C)(C)C)[C@@H]1C. The van der Waals surface area contributed by atoms with Crippen molar-refractivity contribution in [3.63, 3.8) is 0 Å². The maximum atomic E-state index is 12.2. The Kier molecular flexibility index (Phi) is 2.74. The number of carbonyl (C=O) groups is 2. The smallest absolute Gasteiger partial charge is 0.411 e. The molecule has 0 aromatic rings. The van der Waals surface area contributed by atoms with E-state index in [1.165, 1.54) is 4.90 Å². The third-order valence-corrected chi connectivity index (χ3v) is 3.93. The van der Waals surface area contributed by atoms with Crippen LogP contribution in [0, 0.1) is 5.92 Å². The summed E-state index contributed by atoms with van der Waals surface area (Å²) in [6, 6.07) is -0.0963. The quantitative estimate of drug-likeness (QED) is 0.709. The molecule has 1 heterocycles. The monoisotopic (exact) mass is 255 g/mol. The number of likely N-dealkylation sites (tertiary alicyclic amines) is 1. The van der Waals surface area contributed by atoms with E-state index in [4.69, 9.17) is 4.74 Å². The van der Waals surface area contributed by atoms with Crippen LogP contribution in [0.5, 0.6) is 0 Å². The molecular weight excluding hydrogens is 234 g/mol. The molecule has 0 aromatic heterocycles. The maximum absolute atomic E-state index is 12.2. The third-order valence-electron chi connectivity index (χ3n) is 3.93. The largest absolute Gasteiger partial charge is 0.444 e. The summed E-state index contributed by atoms with van der Waals surface area (Å²) in [6.45, 7) is 9.23. The van der Waals surface area contributed by atoms with E-state index in [0.29, 0.717) is 6.42 Å². The minimum atomic E-state index is -1.04. The van der Waals surface area contributed by atoms with E-state index in [2.05, 4.69) is 0 Å². The van der Waals surface area contributed by atoms with Crippen molar-refractivity contribution < 1.29 is 19.4 Å². The number of aliphatic hydroxyl groups excluding tert-OH is 1. The van der Waals surface area contributed by atoms with Crippen LogP contribution in [-0.2, 0) is 9.53 Å². The van der Waals surface area contributed by atoms with Gasteiger partial charge in [0, 0.05) is 6.04 Å². The molecule has 0 aromatic carbocycles. The molecular formula is C13H21NO4. The second-order valence-electron chi connectivity index (χ2n) is 6.46. The van der Waals surface area contributed by atoms with Crippen LogP contribution in [0.1, 0.15) is 41.0 Å². The standard InChI is InChI=1S/C13H21NO4/c1-7-6-13(9(15)10(13)16)14(8(7)2)11(17)18-12(3,4)5/h7-9,15H,6H2,1-5H3/t7-,8-,9?,13?/m1/s1. The minimum absolute atomic E-state index is 0.0963. The van der Waals surface area contributed by atoms with Crippen molar-refractivity contribution in [1.82, 2.24) is 4.90 Å². The Balaban J connectivity index is 2.25. The highest BCUT2D eigenvalue weighted by Crippen LogP contribution is 2.51. The van der Waals surface area contributed by atoms with Crippen molar-refractivity contribution in [2.24, 2.45) is 5.92 Å². The molecule has 18 heavy (non-hydrogen) atoms. The van der Waals surface area contributed by atoms with Crippen LogP contribution in [-0.4, -0.2) is 45.2 Å². The van der Waals surface area contributed by atoms with Crippen LogP contribution in [0.4, 0.5) is 4.79 Å².